The predicted octanol–water partition coefficient (Wildman–Crippen LogP) is 3.54. The van der Waals surface area contributed by atoms with E-state index < -0.39 is 0 Å². The maximum Gasteiger partial charge on any atom is 0.244 e. The van der Waals surface area contributed by atoms with E-state index in [9.17, 15) is 4.79 Å². The summed E-state index contributed by atoms with van der Waals surface area (Å²) in [5.74, 6) is 1.06. The summed E-state index contributed by atoms with van der Waals surface area (Å²) >= 11 is 6.43. The van der Waals surface area contributed by atoms with Crippen molar-refractivity contribution in [2.75, 3.05) is 39.5 Å². The first-order chi connectivity index (χ1) is 15.4. The highest BCUT2D eigenvalue weighted by molar-refractivity contribution is 6.31. The highest BCUT2D eigenvalue weighted by Crippen LogP contribution is 2.22. The smallest absolute Gasteiger partial charge is 0.244 e. The number of nitrogens with one attached hydrogen (secondary N) is 1. The predicted molar refractivity (Wildman–Crippen MR) is 127 cm³/mol. The molecule has 7 nitrogen and oxygen atoms in total. The number of hydrogen-bond acceptors (Lipinski definition) is 5. The van der Waals surface area contributed by atoms with Gasteiger partial charge in [0.25, 0.3) is 0 Å². The second kappa shape index (κ2) is 12.0. The van der Waals surface area contributed by atoms with Crippen LogP contribution >= 0.6 is 11.6 Å². The van der Waals surface area contributed by atoms with E-state index in [-0.39, 0.29) is 5.91 Å². The fraction of sp³-hybridized carbons (Fsp3) is 0.500. The SMILES string of the molecule is Cc1nn(CC(C)C)c(Cl)c1C=CC(=O)NCc1cccc(OCCN2CCOCC2)c1. The van der Waals surface area contributed by atoms with E-state index in [1.165, 1.54) is 6.08 Å². The van der Waals surface area contributed by atoms with Crippen molar-refractivity contribution in [3.8, 4) is 5.75 Å². The summed E-state index contributed by atoms with van der Waals surface area (Å²) in [6.45, 7) is 12.3. The van der Waals surface area contributed by atoms with Crippen LogP contribution in [0.5, 0.6) is 5.75 Å². The zero-order valence-electron chi connectivity index (χ0n) is 19.1. The van der Waals surface area contributed by atoms with Crippen LogP contribution < -0.4 is 10.1 Å². The number of carbonyl (C=O) groups excluding carboxylic acids is 1. The van der Waals surface area contributed by atoms with E-state index in [1.807, 2.05) is 31.2 Å². The maximum absolute atomic E-state index is 12.3. The molecule has 1 aliphatic rings. The number of hydrogen-bond donors (Lipinski definition) is 1. The molecule has 0 aliphatic carbocycles. The van der Waals surface area contributed by atoms with Crippen molar-refractivity contribution in [2.24, 2.45) is 5.92 Å². The van der Waals surface area contributed by atoms with Crippen molar-refractivity contribution in [3.05, 3.63) is 52.3 Å². The molecule has 1 aromatic carbocycles. The molecule has 0 unspecified atom stereocenters. The summed E-state index contributed by atoms with van der Waals surface area (Å²) in [4.78, 5) is 14.6. The molecular weight excluding hydrogens is 428 g/mol. The van der Waals surface area contributed by atoms with Crippen molar-refractivity contribution in [1.29, 1.82) is 0 Å². The molecule has 0 bridgehead atoms. The van der Waals surface area contributed by atoms with E-state index >= 15 is 0 Å². The second-order valence-electron chi connectivity index (χ2n) is 8.37. The number of aryl methyl sites for hydroxylation is 1. The minimum absolute atomic E-state index is 0.185. The normalized spacial score (nSPS) is 14.9. The number of nitrogens with zero attached hydrogens (tertiary/aromatic N) is 3. The minimum Gasteiger partial charge on any atom is -0.492 e. The van der Waals surface area contributed by atoms with Gasteiger partial charge in [-0.15, -0.1) is 0 Å². The molecule has 0 radical (unpaired) electrons. The van der Waals surface area contributed by atoms with Gasteiger partial charge in [0.2, 0.25) is 5.91 Å². The fourth-order valence-corrected chi connectivity index (χ4v) is 3.80. The molecule has 1 fully saturated rings. The van der Waals surface area contributed by atoms with E-state index in [0.29, 0.717) is 24.2 Å². The van der Waals surface area contributed by atoms with Crippen molar-refractivity contribution >= 4 is 23.6 Å². The average molecular weight is 461 g/mol. The van der Waals surface area contributed by atoms with Crippen LogP contribution in [0.2, 0.25) is 5.15 Å². The molecule has 1 saturated heterocycles. The molecule has 1 aliphatic heterocycles. The van der Waals surface area contributed by atoms with Crippen LogP contribution in [-0.2, 0) is 22.6 Å². The van der Waals surface area contributed by atoms with Gasteiger partial charge in [-0.1, -0.05) is 37.6 Å². The van der Waals surface area contributed by atoms with Gasteiger partial charge >= 0.3 is 0 Å². The summed E-state index contributed by atoms with van der Waals surface area (Å²) in [6, 6.07) is 7.80. The maximum atomic E-state index is 12.3. The molecule has 1 N–H and O–H groups in total. The van der Waals surface area contributed by atoms with Gasteiger partial charge in [-0.05, 0) is 36.6 Å². The molecule has 3 rings (SSSR count). The Morgan fingerprint density at radius 3 is 2.88 bits per heavy atom. The van der Waals surface area contributed by atoms with E-state index in [1.54, 1.807) is 10.8 Å². The quantitative estimate of drug-likeness (QED) is 0.549. The van der Waals surface area contributed by atoms with Crippen LogP contribution in [0.1, 0.15) is 30.7 Å². The first-order valence-electron chi connectivity index (χ1n) is 11.1. The molecule has 1 aromatic heterocycles. The van der Waals surface area contributed by atoms with Crippen LogP contribution in [0.15, 0.2) is 30.3 Å². The Kier molecular flexibility index (Phi) is 9.14. The van der Waals surface area contributed by atoms with Crippen molar-refractivity contribution in [1.82, 2.24) is 20.0 Å². The number of carbonyl (C=O) groups is 1. The van der Waals surface area contributed by atoms with Gasteiger partial charge in [-0.25, -0.2) is 0 Å². The summed E-state index contributed by atoms with van der Waals surface area (Å²) in [5.41, 5.74) is 2.56. The zero-order chi connectivity index (χ0) is 22.9. The molecule has 0 atom stereocenters. The molecule has 0 saturated carbocycles. The molecule has 1 amide bonds. The number of ether oxygens (including phenoxy) is 2. The van der Waals surface area contributed by atoms with Crippen molar-refractivity contribution in [3.63, 3.8) is 0 Å². The molecule has 174 valence electrons. The lowest BCUT2D eigenvalue weighted by Gasteiger charge is -2.26. The highest BCUT2D eigenvalue weighted by Gasteiger charge is 2.12. The van der Waals surface area contributed by atoms with Gasteiger partial charge in [0.15, 0.2) is 0 Å². The molecule has 8 heteroatoms. The Hall–Kier alpha value is -2.35. The molecule has 2 heterocycles. The molecule has 0 spiro atoms. The first kappa shape index (κ1) is 24.3. The largest absolute Gasteiger partial charge is 0.492 e. The fourth-order valence-electron chi connectivity index (χ4n) is 3.49. The lowest BCUT2D eigenvalue weighted by molar-refractivity contribution is -0.116. The van der Waals surface area contributed by atoms with Crippen molar-refractivity contribution < 1.29 is 14.3 Å². The summed E-state index contributed by atoms with van der Waals surface area (Å²) in [7, 11) is 0. The third kappa shape index (κ3) is 7.36. The van der Waals surface area contributed by atoms with Gasteiger partial charge in [-0.3, -0.25) is 14.4 Å². The third-order valence-electron chi connectivity index (χ3n) is 5.19. The lowest BCUT2D eigenvalue weighted by Crippen LogP contribution is -2.38. The van der Waals surface area contributed by atoms with Crippen LogP contribution in [0.25, 0.3) is 6.08 Å². The summed E-state index contributed by atoms with van der Waals surface area (Å²) in [5, 5.41) is 7.93. The number of benzene rings is 1. The Labute approximate surface area is 195 Å². The monoisotopic (exact) mass is 460 g/mol. The number of aromatic nitrogens is 2. The van der Waals surface area contributed by atoms with Crippen molar-refractivity contribution in [2.45, 2.75) is 33.9 Å². The van der Waals surface area contributed by atoms with Crippen LogP contribution in [-0.4, -0.2) is 60.0 Å². The van der Waals surface area contributed by atoms with E-state index in [4.69, 9.17) is 21.1 Å². The average Bonchev–Trinajstić information content (AvgIpc) is 3.03. The molecule has 32 heavy (non-hydrogen) atoms. The summed E-state index contributed by atoms with van der Waals surface area (Å²) in [6.07, 6.45) is 3.22. The van der Waals surface area contributed by atoms with Gasteiger partial charge in [0, 0.05) is 44.4 Å². The van der Waals surface area contributed by atoms with E-state index in [0.717, 1.165) is 62.0 Å². The second-order valence-corrected chi connectivity index (χ2v) is 8.72. The van der Waals surface area contributed by atoms with Gasteiger partial charge in [0.1, 0.15) is 17.5 Å². The Balaban J connectivity index is 1.47. The van der Waals surface area contributed by atoms with Gasteiger partial charge < -0.3 is 14.8 Å². The minimum atomic E-state index is -0.185. The number of rotatable bonds is 10. The highest BCUT2D eigenvalue weighted by atomic mass is 35.5. The molecular formula is C24H33ClN4O3. The topological polar surface area (TPSA) is 68.6 Å². The number of morpholine rings is 1. The first-order valence-corrected chi connectivity index (χ1v) is 11.5. The third-order valence-corrected chi connectivity index (χ3v) is 5.59. The summed E-state index contributed by atoms with van der Waals surface area (Å²) < 4.78 is 13.0. The molecule has 2 aromatic rings. The van der Waals surface area contributed by atoms with Crippen LogP contribution in [0, 0.1) is 12.8 Å². The van der Waals surface area contributed by atoms with Crippen LogP contribution in [0.3, 0.4) is 0 Å². The number of halogens is 1. The number of amides is 1. The standard InChI is InChI=1S/C24H33ClN4O3/c1-18(2)17-29-24(25)22(19(3)27-29)7-8-23(30)26-16-20-5-4-6-21(15-20)32-14-11-28-9-12-31-13-10-28/h4-8,15,18H,9-14,16-17H2,1-3H3,(H,26,30). The Morgan fingerprint density at radius 2 is 2.12 bits per heavy atom. The zero-order valence-corrected chi connectivity index (χ0v) is 19.9. The lowest BCUT2D eigenvalue weighted by atomic mass is 10.2. The van der Waals surface area contributed by atoms with Crippen LogP contribution in [0.4, 0.5) is 0 Å². The van der Waals surface area contributed by atoms with Gasteiger partial charge in [-0.2, -0.15) is 5.10 Å². The van der Waals surface area contributed by atoms with E-state index in [2.05, 4.69) is 29.2 Å². The Bertz CT molecular complexity index is 920. The van der Waals surface area contributed by atoms with Gasteiger partial charge in [0.05, 0.1) is 18.9 Å². The Morgan fingerprint density at radius 1 is 1.34 bits per heavy atom.